The van der Waals surface area contributed by atoms with Gasteiger partial charge in [0.15, 0.2) is 34.7 Å². The Hall–Kier alpha value is -4.26. The van der Waals surface area contributed by atoms with Crippen molar-refractivity contribution in [1.29, 1.82) is 0 Å². The van der Waals surface area contributed by atoms with Gasteiger partial charge in [0, 0.05) is 24.6 Å². The molecule has 2 saturated carbocycles. The van der Waals surface area contributed by atoms with Gasteiger partial charge in [0.25, 0.3) is 5.91 Å². The summed E-state index contributed by atoms with van der Waals surface area (Å²) in [4.78, 5) is 83.7. The third-order valence-electron chi connectivity index (χ3n) is 9.99. The number of nitrogens with two attached hydrogens (primary N) is 1. The molecule has 12 nitrogen and oxygen atoms in total. The smallest absolute Gasteiger partial charge is 0.251 e. The second-order valence-corrected chi connectivity index (χ2v) is 12.6. The van der Waals surface area contributed by atoms with Crippen LogP contribution >= 0.6 is 0 Å². The number of rotatable bonds is 9. The van der Waals surface area contributed by atoms with Gasteiger partial charge in [-0.2, -0.15) is 0 Å². The Balaban J connectivity index is 1.52. The predicted molar refractivity (Wildman–Crippen MR) is 167 cm³/mol. The topological polar surface area (TPSA) is 187 Å². The monoisotopic (exact) mass is 632 g/mol. The molecule has 3 aliphatic rings. The van der Waals surface area contributed by atoms with Gasteiger partial charge in [-0.25, -0.2) is 0 Å². The number of hydrogen-bond acceptors (Lipinski definition) is 10. The zero-order valence-electron chi connectivity index (χ0n) is 26.4. The maximum absolute atomic E-state index is 14.0. The number of benzene rings is 2. The summed E-state index contributed by atoms with van der Waals surface area (Å²) in [6.45, 7) is 7.03. The van der Waals surface area contributed by atoms with E-state index in [9.17, 15) is 39.0 Å². The maximum atomic E-state index is 14.0. The van der Waals surface area contributed by atoms with Gasteiger partial charge in [0.05, 0.1) is 17.5 Å². The third kappa shape index (κ3) is 5.23. The highest BCUT2D eigenvalue weighted by molar-refractivity contribution is 6.32. The summed E-state index contributed by atoms with van der Waals surface area (Å²) in [5.74, 6) is -11.3. The number of nitrogens with one attached hydrogen (secondary N) is 1. The van der Waals surface area contributed by atoms with Crippen LogP contribution in [0.2, 0.25) is 0 Å². The van der Waals surface area contributed by atoms with Crippen molar-refractivity contribution in [3.8, 4) is 16.9 Å². The first-order valence-corrected chi connectivity index (χ1v) is 15.6. The fourth-order valence-electron chi connectivity index (χ4n) is 7.67. The number of carbonyl (C=O) groups excluding carboxylic acids is 6. The number of carbonyl (C=O) groups is 6. The van der Waals surface area contributed by atoms with Crippen LogP contribution in [-0.4, -0.2) is 107 Å². The number of hydrogen-bond donors (Lipinski definition) is 4. The van der Waals surface area contributed by atoms with Gasteiger partial charge >= 0.3 is 0 Å². The van der Waals surface area contributed by atoms with Crippen molar-refractivity contribution in [3.63, 3.8) is 0 Å². The number of primary amides is 1. The molecule has 0 saturated heterocycles. The Bertz CT molecular complexity index is 1630. The van der Waals surface area contributed by atoms with Gasteiger partial charge in [-0.05, 0) is 80.8 Å². The molecule has 2 aromatic carbocycles. The van der Waals surface area contributed by atoms with Crippen LogP contribution in [0.5, 0.6) is 5.75 Å². The van der Waals surface area contributed by atoms with Crippen molar-refractivity contribution in [2.45, 2.75) is 38.3 Å². The number of nitrogens with zero attached hydrogens (tertiary/aromatic N) is 2. The molecule has 0 radical (unpaired) electrons. The van der Waals surface area contributed by atoms with E-state index in [-0.39, 0.29) is 30.1 Å². The zero-order valence-corrected chi connectivity index (χ0v) is 26.4. The lowest BCUT2D eigenvalue weighted by Gasteiger charge is -2.52. The van der Waals surface area contributed by atoms with E-state index < -0.39 is 64.4 Å². The largest absolute Gasteiger partial charge is 0.507 e. The van der Waals surface area contributed by atoms with E-state index >= 15 is 0 Å². The SMILES string of the molecule is CCN(CC)CCNC(=O)c1cccc(-c2ccc(O)c3c2C[C@H]2C[C@H]4[C@H](N(C)C)C(=O)C(C(N)=O)C(=O)[C@@]4(O)C(=O)C2C3=O)c1. The van der Waals surface area contributed by atoms with Crippen molar-refractivity contribution in [2.24, 2.45) is 29.4 Å². The minimum absolute atomic E-state index is 0.0476. The van der Waals surface area contributed by atoms with Crippen LogP contribution in [0.3, 0.4) is 0 Å². The van der Waals surface area contributed by atoms with E-state index in [1.54, 1.807) is 30.3 Å². The zero-order chi connectivity index (χ0) is 33.7. The number of likely N-dealkylation sites (N-methyl/N-ethyl adjacent to an activating group) is 2. The molecule has 5 N–H and O–H groups in total. The molecule has 2 aromatic rings. The molecular formula is C34H40N4O8. The summed E-state index contributed by atoms with van der Waals surface area (Å²) < 4.78 is 0. The number of phenolic OH excluding ortho intramolecular Hbond substituents is 1. The highest BCUT2D eigenvalue weighted by atomic mass is 16.3. The molecule has 2 fully saturated rings. The average molecular weight is 633 g/mol. The lowest BCUT2D eigenvalue weighted by molar-refractivity contribution is -0.181. The summed E-state index contributed by atoms with van der Waals surface area (Å²) in [7, 11) is 3.08. The quantitative estimate of drug-likeness (QED) is 0.285. The second kappa shape index (κ2) is 12.5. The lowest BCUT2D eigenvalue weighted by Crippen LogP contribution is -2.74. The number of amides is 2. The molecule has 5 rings (SSSR count). The summed E-state index contributed by atoms with van der Waals surface area (Å²) in [6.07, 6.45) is 0.0733. The van der Waals surface area contributed by atoms with Crippen molar-refractivity contribution in [1.82, 2.24) is 15.1 Å². The van der Waals surface area contributed by atoms with Gasteiger partial charge < -0.3 is 26.2 Å². The van der Waals surface area contributed by atoms with Crippen molar-refractivity contribution < 1.29 is 39.0 Å². The Morgan fingerprint density at radius 2 is 1.74 bits per heavy atom. The molecular weight excluding hydrogens is 592 g/mol. The molecule has 0 bridgehead atoms. The van der Waals surface area contributed by atoms with Crippen LogP contribution in [0.25, 0.3) is 11.1 Å². The molecule has 0 spiro atoms. The third-order valence-corrected chi connectivity index (χ3v) is 9.99. The van der Waals surface area contributed by atoms with Crippen LogP contribution in [0, 0.1) is 23.7 Å². The van der Waals surface area contributed by atoms with Gasteiger partial charge in [-0.1, -0.05) is 32.0 Å². The molecule has 0 aromatic heterocycles. The van der Waals surface area contributed by atoms with Crippen molar-refractivity contribution in [2.75, 3.05) is 40.3 Å². The van der Waals surface area contributed by atoms with E-state index in [0.717, 1.165) is 13.1 Å². The normalized spacial score (nSPS) is 27.3. The van der Waals surface area contributed by atoms with E-state index in [1.807, 2.05) is 0 Å². The molecule has 3 aliphatic carbocycles. The van der Waals surface area contributed by atoms with Gasteiger partial charge in [-0.3, -0.25) is 33.7 Å². The maximum Gasteiger partial charge on any atom is 0.251 e. The summed E-state index contributed by atoms with van der Waals surface area (Å²) in [6, 6.07) is 8.69. The Morgan fingerprint density at radius 3 is 2.37 bits per heavy atom. The van der Waals surface area contributed by atoms with Crippen LogP contribution in [-0.2, 0) is 25.6 Å². The standard InChI is InChI=1S/C34H40N4O8/c1-5-38(6-2)13-12-36-33(45)18-9-7-8-17(14-18)20-10-11-23(39)25-21(20)15-19-16-22-27(37(3)4)29(41)26(32(35)44)31(43)34(22,46)30(42)24(19)28(25)40/h7-11,14,19,22,24,26-27,39,46H,5-6,12-13,15-16H2,1-4H3,(H2,35,44)(H,36,45)/t19-,22-,24?,26?,27-,34-/m0/s1. The first-order valence-electron chi connectivity index (χ1n) is 15.6. The number of fused-ring (bicyclic) bond motifs is 3. The highest BCUT2D eigenvalue weighted by Crippen LogP contribution is 2.51. The molecule has 2 unspecified atom stereocenters. The van der Waals surface area contributed by atoms with Crippen LogP contribution in [0.15, 0.2) is 36.4 Å². The fraction of sp³-hybridized carbons (Fsp3) is 0.471. The Labute approximate surface area is 266 Å². The summed E-state index contributed by atoms with van der Waals surface area (Å²) in [5.41, 5.74) is 4.58. The first kappa shape index (κ1) is 33.1. The fourth-order valence-corrected chi connectivity index (χ4v) is 7.67. The molecule has 46 heavy (non-hydrogen) atoms. The number of phenols is 1. The molecule has 2 amide bonds. The van der Waals surface area contributed by atoms with Gasteiger partial charge in [-0.15, -0.1) is 0 Å². The van der Waals surface area contributed by atoms with E-state index in [0.29, 0.717) is 35.3 Å². The summed E-state index contributed by atoms with van der Waals surface area (Å²) >= 11 is 0. The summed E-state index contributed by atoms with van der Waals surface area (Å²) in [5, 5.41) is 25.6. The minimum Gasteiger partial charge on any atom is -0.507 e. The Morgan fingerprint density at radius 1 is 1.04 bits per heavy atom. The van der Waals surface area contributed by atoms with Crippen LogP contribution in [0.1, 0.15) is 46.5 Å². The molecule has 12 heteroatoms. The van der Waals surface area contributed by atoms with Crippen LogP contribution in [0.4, 0.5) is 0 Å². The number of aliphatic hydroxyl groups is 1. The number of Topliss-reactive ketones (excluding diaryl/α,β-unsaturated/α-hetero) is 4. The first-order chi connectivity index (χ1) is 21.8. The lowest BCUT2D eigenvalue weighted by atomic mass is 9.52. The van der Waals surface area contributed by atoms with Gasteiger partial charge in [0.1, 0.15) is 5.75 Å². The molecule has 6 atom stereocenters. The highest BCUT2D eigenvalue weighted by Gasteiger charge is 2.69. The molecule has 0 aliphatic heterocycles. The Kier molecular flexibility index (Phi) is 9.00. The molecule has 244 valence electrons. The average Bonchev–Trinajstić information content (AvgIpc) is 3.01. The van der Waals surface area contributed by atoms with Crippen molar-refractivity contribution in [3.05, 3.63) is 53.1 Å². The second-order valence-electron chi connectivity index (χ2n) is 12.6. The van der Waals surface area contributed by atoms with Crippen LogP contribution < -0.4 is 11.1 Å². The van der Waals surface area contributed by atoms with E-state index in [1.165, 1.54) is 25.1 Å². The predicted octanol–water partition coefficient (Wildman–Crippen LogP) is 0.606. The molecule has 0 heterocycles. The number of aromatic hydroxyl groups is 1. The van der Waals surface area contributed by atoms with Crippen molar-refractivity contribution >= 4 is 34.9 Å². The van der Waals surface area contributed by atoms with Gasteiger partial charge in [0.2, 0.25) is 5.91 Å². The van der Waals surface area contributed by atoms with E-state index in [4.69, 9.17) is 5.73 Å². The van der Waals surface area contributed by atoms with E-state index in [2.05, 4.69) is 24.1 Å². The number of ketones is 4. The minimum atomic E-state index is -2.78.